The Bertz CT molecular complexity index is 1460. The lowest BCUT2D eigenvalue weighted by Gasteiger charge is -2.30. The first-order valence-electron chi connectivity index (χ1n) is 17.0. The summed E-state index contributed by atoms with van der Waals surface area (Å²) in [7, 11) is 0. The number of carbonyl (C=O) groups excluding carboxylic acids is 1. The SMILES string of the molecule is CCCCCc1cccc(N(CCCC)C(=O)CN2C[C@H](C3C#CC=C4OCOC4=C3)[C@@H](C(=O)O)[C@@H]2CCC2=CC=CC=CC2)c1. The van der Waals surface area contributed by atoms with E-state index in [2.05, 4.69) is 60.9 Å². The number of rotatable bonds is 15. The Labute approximate surface area is 274 Å². The lowest BCUT2D eigenvalue weighted by atomic mass is 9.79. The predicted octanol–water partition coefficient (Wildman–Crippen LogP) is 7.18. The van der Waals surface area contributed by atoms with Crippen LogP contribution in [-0.2, 0) is 25.5 Å². The van der Waals surface area contributed by atoms with Gasteiger partial charge in [0.05, 0.1) is 12.5 Å². The van der Waals surface area contributed by atoms with E-state index < -0.39 is 11.9 Å². The van der Waals surface area contributed by atoms with Crippen molar-refractivity contribution in [2.24, 2.45) is 17.8 Å². The zero-order chi connectivity index (χ0) is 32.3. The molecule has 244 valence electrons. The van der Waals surface area contributed by atoms with Crippen LogP contribution in [0.1, 0.15) is 70.8 Å². The minimum Gasteiger partial charge on any atom is -0.481 e. The number of anilines is 1. The van der Waals surface area contributed by atoms with Crippen LogP contribution in [0.3, 0.4) is 0 Å². The molecule has 0 spiro atoms. The third-order valence-electron chi connectivity index (χ3n) is 9.49. The number of allylic oxidation sites excluding steroid dienone is 8. The molecule has 4 aliphatic rings. The summed E-state index contributed by atoms with van der Waals surface area (Å²) in [5.41, 5.74) is 3.43. The standard InChI is InChI=1S/C39H48N2O5/c1-3-5-9-16-30-17-12-19-32(24-30)41(23-6-4-2)37(42)27-40-26-33(31-18-13-20-35-36(25-31)46-28-45-35)38(39(43)44)34(40)22-21-29-14-10-7-8-11-15-29/h7-8,10-12,14,17,19-20,24-25,31,33-34,38H,3-6,9,15-16,21-23,26-28H2,1-2H3,(H,43,44)/t31?,33-,34+,38-/m1/s1. The highest BCUT2D eigenvalue weighted by Crippen LogP contribution is 2.40. The van der Waals surface area contributed by atoms with Crippen LogP contribution in [0.2, 0.25) is 0 Å². The van der Waals surface area contributed by atoms with Crippen LogP contribution in [0.4, 0.5) is 5.69 Å². The van der Waals surface area contributed by atoms with E-state index in [-0.39, 0.29) is 37.1 Å². The predicted molar refractivity (Wildman–Crippen MR) is 182 cm³/mol. The molecule has 7 nitrogen and oxygen atoms in total. The molecule has 1 aromatic carbocycles. The van der Waals surface area contributed by atoms with E-state index in [4.69, 9.17) is 9.47 Å². The molecule has 4 atom stereocenters. The van der Waals surface area contributed by atoms with E-state index in [9.17, 15) is 14.7 Å². The number of fused-ring (bicyclic) bond motifs is 1. The van der Waals surface area contributed by atoms with Crippen molar-refractivity contribution in [3.8, 4) is 11.8 Å². The van der Waals surface area contributed by atoms with Gasteiger partial charge in [0.2, 0.25) is 12.7 Å². The fourth-order valence-corrected chi connectivity index (χ4v) is 7.01. The molecule has 0 radical (unpaired) electrons. The van der Waals surface area contributed by atoms with Crippen molar-refractivity contribution < 1.29 is 24.2 Å². The molecule has 1 amide bonds. The number of nitrogens with zero attached hydrogens (tertiary/aromatic N) is 2. The maximum atomic E-state index is 14.3. The number of aliphatic carboxylic acids is 1. The van der Waals surface area contributed by atoms with Crippen molar-refractivity contribution in [3.05, 3.63) is 89.5 Å². The van der Waals surface area contributed by atoms with Crippen molar-refractivity contribution >= 4 is 17.6 Å². The number of likely N-dealkylation sites (tertiary alicyclic amines) is 1. The number of aryl methyl sites for hydroxylation is 1. The first-order valence-corrected chi connectivity index (χ1v) is 17.0. The third-order valence-corrected chi connectivity index (χ3v) is 9.49. The molecule has 2 fully saturated rings. The highest BCUT2D eigenvalue weighted by atomic mass is 16.7. The van der Waals surface area contributed by atoms with Crippen molar-refractivity contribution in [2.45, 2.75) is 77.7 Å². The Kier molecular flexibility index (Phi) is 12.0. The zero-order valence-corrected chi connectivity index (χ0v) is 27.3. The molecule has 1 aromatic rings. The highest BCUT2D eigenvalue weighted by Gasteiger charge is 2.49. The second kappa shape index (κ2) is 16.5. The lowest BCUT2D eigenvalue weighted by Crippen LogP contribution is -2.44. The first kappa shape index (κ1) is 33.3. The molecular formula is C39H48N2O5. The van der Waals surface area contributed by atoms with Gasteiger partial charge in [0, 0.05) is 42.7 Å². The number of carboxylic acids is 1. The Morgan fingerprint density at radius 3 is 2.72 bits per heavy atom. The van der Waals surface area contributed by atoms with Crippen LogP contribution in [0, 0.1) is 29.6 Å². The Balaban J connectivity index is 1.41. The zero-order valence-electron chi connectivity index (χ0n) is 27.3. The van der Waals surface area contributed by atoms with E-state index in [1.54, 1.807) is 6.08 Å². The van der Waals surface area contributed by atoms with Crippen molar-refractivity contribution in [2.75, 3.05) is 31.3 Å². The lowest BCUT2D eigenvalue weighted by molar-refractivity contribution is -0.144. The van der Waals surface area contributed by atoms with Gasteiger partial charge in [-0.1, -0.05) is 93.0 Å². The van der Waals surface area contributed by atoms with Crippen LogP contribution in [-0.4, -0.2) is 54.4 Å². The minimum atomic E-state index is -0.844. The second-order valence-electron chi connectivity index (χ2n) is 12.7. The van der Waals surface area contributed by atoms with Crippen LogP contribution in [0.25, 0.3) is 0 Å². The van der Waals surface area contributed by atoms with Crippen molar-refractivity contribution in [1.82, 2.24) is 4.90 Å². The number of amides is 1. The van der Waals surface area contributed by atoms with Crippen LogP contribution < -0.4 is 4.90 Å². The third kappa shape index (κ3) is 8.41. The fourth-order valence-electron chi connectivity index (χ4n) is 7.01. The van der Waals surface area contributed by atoms with E-state index in [0.717, 1.165) is 44.2 Å². The van der Waals surface area contributed by atoms with Gasteiger partial charge in [-0.15, -0.1) is 0 Å². The van der Waals surface area contributed by atoms with Crippen LogP contribution >= 0.6 is 0 Å². The number of unbranched alkanes of at least 4 members (excludes halogenated alkanes) is 3. The summed E-state index contributed by atoms with van der Waals surface area (Å²) < 4.78 is 11.2. The number of carbonyl (C=O) groups is 2. The fraction of sp³-hybridized carbons (Fsp3) is 0.487. The molecule has 46 heavy (non-hydrogen) atoms. The number of hydrogen-bond donors (Lipinski definition) is 1. The summed E-state index contributed by atoms with van der Waals surface area (Å²) >= 11 is 0. The molecule has 2 heterocycles. The van der Waals surface area contributed by atoms with Crippen LogP contribution in [0.5, 0.6) is 0 Å². The van der Waals surface area contributed by atoms with Gasteiger partial charge in [0.25, 0.3) is 0 Å². The maximum absolute atomic E-state index is 14.3. The van der Waals surface area contributed by atoms with Crippen molar-refractivity contribution in [3.63, 3.8) is 0 Å². The van der Waals surface area contributed by atoms with Gasteiger partial charge in [-0.2, -0.15) is 0 Å². The molecule has 2 saturated heterocycles. The number of carboxylic acid groups (broad SMARTS) is 1. The molecule has 0 saturated carbocycles. The monoisotopic (exact) mass is 624 g/mol. The molecule has 5 rings (SSSR count). The van der Waals surface area contributed by atoms with Gasteiger partial charge in [-0.25, -0.2) is 0 Å². The topological polar surface area (TPSA) is 79.3 Å². The number of hydrogen-bond acceptors (Lipinski definition) is 5. The molecule has 1 unspecified atom stereocenters. The van der Waals surface area contributed by atoms with E-state index >= 15 is 0 Å². The summed E-state index contributed by atoms with van der Waals surface area (Å²) in [5, 5.41) is 10.7. The van der Waals surface area contributed by atoms with Crippen LogP contribution in [0.15, 0.2) is 83.9 Å². The Hall–Kier alpha value is -4.02. The largest absolute Gasteiger partial charge is 0.481 e. The van der Waals surface area contributed by atoms with Crippen molar-refractivity contribution in [1.29, 1.82) is 0 Å². The molecule has 0 bridgehead atoms. The summed E-state index contributed by atoms with van der Waals surface area (Å²) in [6.07, 6.45) is 22.6. The second-order valence-corrected chi connectivity index (χ2v) is 12.7. The molecule has 1 N–H and O–H groups in total. The molecular weight excluding hydrogens is 576 g/mol. The average molecular weight is 625 g/mol. The first-order chi connectivity index (χ1) is 22.5. The normalized spacial score (nSPS) is 23.5. The van der Waals surface area contributed by atoms with Gasteiger partial charge < -0.3 is 19.5 Å². The molecule has 2 aliphatic heterocycles. The van der Waals surface area contributed by atoms with E-state index in [1.807, 2.05) is 35.3 Å². The van der Waals surface area contributed by atoms with E-state index in [1.165, 1.54) is 24.0 Å². The van der Waals surface area contributed by atoms with Gasteiger partial charge >= 0.3 is 5.97 Å². The quantitative estimate of drug-likeness (QED) is 0.165. The van der Waals surface area contributed by atoms with Gasteiger partial charge in [0.1, 0.15) is 0 Å². The number of ether oxygens (including phenoxy) is 2. The maximum Gasteiger partial charge on any atom is 0.308 e. The summed E-state index contributed by atoms with van der Waals surface area (Å²) in [6.45, 7) is 5.73. The minimum absolute atomic E-state index is 0.00952. The number of benzene rings is 1. The average Bonchev–Trinajstić information content (AvgIpc) is 3.45. The van der Waals surface area contributed by atoms with Gasteiger partial charge in [-0.3, -0.25) is 14.5 Å². The van der Waals surface area contributed by atoms with E-state index in [0.29, 0.717) is 31.0 Å². The molecule has 2 aliphatic carbocycles. The Morgan fingerprint density at radius 1 is 1.04 bits per heavy atom. The summed E-state index contributed by atoms with van der Waals surface area (Å²) in [4.78, 5) is 31.4. The van der Waals surface area contributed by atoms with Gasteiger partial charge in [0.15, 0.2) is 11.5 Å². The Morgan fingerprint density at radius 2 is 1.89 bits per heavy atom. The van der Waals surface area contributed by atoms with Gasteiger partial charge in [-0.05, 0) is 62.3 Å². The summed E-state index contributed by atoms with van der Waals surface area (Å²) in [6, 6.07) is 8.08. The molecule has 0 aromatic heterocycles. The summed E-state index contributed by atoms with van der Waals surface area (Å²) in [5.74, 6) is 5.37. The smallest absolute Gasteiger partial charge is 0.308 e. The highest BCUT2D eigenvalue weighted by molar-refractivity contribution is 5.95. The molecule has 7 heteroatoms.